The zero-order valence-corrected chi connectivity index (χ0v) is 8.50. The zero-order valence-electron chi connectivity index (χ0n) is 8.50. The number of nitrogens with two attached hydrogens (primary N) is 1. The highest BCUT2D eigenvalue weighted by atomic mass is 16.6. The molecular formula is C9H19NO4. The summed E-state index contributed by atoms with van der Waals surface area (Å²) < 4.78 is 5.11. The van der Waals surface area contributed by atoms with E-state index in [2.05, 4.69) is 0 Å². The summed E-state index contributed by atoms with van der Waals surface area (Å²) in [4.78, 5) is 0. The normalized spacial score (nSPS) is 44.4. The topological polar surface area (TPSA) is 95.9 Å². The van der Waals surface area contributed by atoms with Crippen LogP contribution in [0.4, 0.5) is 0 Å². The summed E-state index contributed by atoms with van der Waals surface area (Å²) in [5, 5.41) is 28.4. The second-order valence-electron chi connectivity index (χ2n) is 4.25. The Morgan fingerprint density at radius 2 is 1.79 bits per heavy atom. The fraction of sp³-hybridized carbons (Fsp3) is 1.00. The van der Waals surface area contributed by atoms with Crippen molar-refractivity contribution >= 4 is 0 Å². The minimum atomic E-state index is -1.20. The van der Waals surface area contributed by atoms with E-state index in [-0.39, 0.29) is 0 Å². The molecule has 5 heteroatoms. The van der Waals surface area contributed by atoms with Crippen molar-refractivity contribution in [3.63, 3.8) is 0 Å². The van der Waals surface area contributed by atoms with Crippen LogP contribution in [0.15, 0.2) is 0 Å². The van der Waals surface area contributed by atoms with Crippen LogP contribution >= 0.6 is 0 Å². The molecule has 0 aromatic heterocycles. The molecule has 1 rings (SSSR count). The van der Waals surface area contributed by atoms with Crippen LogP contribution in [0.5, 0.6) is 0 Å². The van der Waals surface area contributed by atoms with E-state index in [1.165, 1.54) is 0 Å². The third-order valence-corrected chi connectivity index (χ3v) is 2.47. The second kappa shape index (κ2) is 4.55. The number of hydrogen-bond acceptors (Lipinski definition) is 5. The monoisotopic (exact) mass is 205 g/mol. The molecule has 0 aromatic rings. The summed E-state index contributed by atoms with van der Waals surface area (Å²) >= 11 is 0. The van der Waals surface area contributed by atoms with Crippen molar-refractivity contribution in [3.05, 3.63) is 0 Å². The van der Waals surface area contributed by atoms with Gasteiger partial charge in [-0.2, -0.15) is 0 Å². The molecule has 0 radical (unpaired) electrons. The quantitative estimate of drug-likeness (QED) is 0.454. The first kappa shape index (κ1) is 11.9. The van der Waals surface area contributed by atoms with Gasteiger partial charge in [0, 0.05) is 0 Å². The predicted molar refractivity (Wildman–Crippen MR) is 50.3 cm³/mol. The lowest BCUT2D eigenvalue weighted by Crippen LogP contribution is -2.61. The summed E-state index contributed by atoms with van der Waals surface area (Å²) in [5.41, 5.74) is 5.42. The van der Waals surface area contributed by atoms with Crippen LogP contribution in [-0.4, -0.2) is 46.0 Å². The Kier molecular flexibility index (Phi) is 3.86. The summed E-state index contributed by atoms with van der Waals surface area (Å²) in [6.45, 7) is 3.95. The van der Waals surface area contributed by atoms with Crippen LogP contribution in [0.3, 0.4) is 0 Å². The number of aliphatic hydroxyl groups excluding tert-OH is 3. The maximum absolute atomic E-state index is 9.61. The zero-order chi connectivity index (χ0) is 10.9. The molecule has 1 fully saturated rings. The standard InChI is InChI=1S/C9H19NO4/c1-4(2)3-5-7(11)8(12)6(10)9(13)14-5/h4-9,11-13H,3,10H2,1-2H3/t5-,6-,7+,8-,9?/m1/s1. The van der Waals surface area contributed by atoms with Gasteiger partial charge in [-0.1, -0.05) is 13.8 Å². The summed E-state index contributed by atoms with van der Waals surface area (Å²) in [5.74, 6) is 0.323. The van der Waals surface area contributed by atoms with E-state index in [1.807, 2.05) is 13.8 Å². The average Bonchev–Trinajstić information content (AvgIpc) is 2.10. The van der Waals surface area contributed by atoms with Crippen molar-refractivity contribution in [2.24, 2.45) is 11.7 Å². The smallest absolute Gasteiger partial charge is 0.172 e. The van der Waals surface area contributed by atoms with Crippen LogP contribution < -0.4 is 5.73 Å². The molecule has 0 amide bonds. The minimum Gasteiger partial charge on any atom is -0.388 e. The Labute approximate surface area is 83.5 Å². The molecule has 5 atom stereocenters. The minimum absolute atomic E-state index is 0.323. The van der Waals surface area contributed by atoms with Gasteiger partial charge in [0.15, 0.2) is 6.29 Å². The molecule has 14 heavy (non-hydrogen) atoms. The van der Waals surface area contributed by atoms with Gasteiger partial charge in [0.25, 0.3) is 0 Å². The van der Waals surface area contributed by atoms with Crippen LogP contribution in [0, 0.1) is 5.92 Å². The van der Waals surface area contributed by atoms with Gasteiger partial charge >= 0.3 is 0 Å². The Bertz CT molecular complexity index is 188. The highest BCUT2D eigenvalue weighted by Gasteiger charge is 2.41. The van der Waals surface area contributed by atoms with Crippen molar-refractivity contribution in [1.29, 1.82) is 0 Å². The van der Waals surface area contributed by atoms with Gasteiger partial charge in [0.2, 0.25) is 0 Å². The highest BCUT2D eigenvalue weighted by molar-refractivity contribution is 4.91. The van der Waals surface area contributed by atoms with E-state index in [1.54, 1.807) is 0 Å². The first-order valence-corrected chi connectivity index (χ1v) is 4.88. The third-order valence-electron chi connectivity index (χ3n) is 2.47. The van der Waals surface area contributed by atoms with Crippen LogP contribution in [0.2, 0.25) is 0 Å². The van der Waals surface area contributed by atoms with Gasteiger partial charge in [0.1, 0.15) is 12.2 Å². The molecule has 5 N–H and O–H groups in total. The Balaban J connectivity index is 2.60. The molecular weight excluding hydrogens is 186 g/mol. The predicted octanol–water partition coefficient (Wildman–Crippen LogP) is -1.20. The first-order valence-electron chi connectivity index (χ1n) is 4.88. The molecule has 5 nitrogen and oxygen atoms in total. The fourth-order valence-electron chi connectivity index (χ4n) is 1.63. The van der Waals surface area contributed by atoms with Gasteiger partial charge in [-0.3, -0.25) is 0 Å². The average molecular weight is 205 g/mol. The molecule has 0 bridgehead atoms. The Morgan fingerprint density at radius 1 is 1.21 bits per heavy atom. The molecule has 0 aliphatic carbocycles. The van der Waals surface area contributed by atoms with Crippen LogP contribution in [0.25, 0.3) is 0 Å². The van der Waals surface area contributed by atoms with E-state index in [0.29, 0.717) is 12.3 Å². The molecule has 1 saturated heterocycles. The van der Waals surface area contributed by atoms with E-state index < -0.39 is 30.6 Å². The molecule has 1 heterocycles. The van der Waals surface area contributed by atoms with E-state index in [9.17, 15) is 15.3 Å². The van der Waals surface area contributed by atoms with Gasteiger partial charge in [-0.05, 0) is 12.3 Å². The number of ether oxygens (including phenoxy) is 1. The first-order chi connectivity index (χ1) is 6.43. The second-order valence-corrected chi connectivity index (χ2v) is 4.25. The molecule has 0 spiro atoms. The lowest BCUT2D eigenvalue weighted by Gasteiger charge is -2.39. The molecule has 1 aliphatic heterocycles. The van der Waals surface area contributed by atoms with Gasteiger partial charge < -0.3 is 25.8 Å². The summed E-state index contributed by atoms with van der Waals surface area (Å²) in [7, 11) is 0. The molecule has 0 saturated carbocycles. The van der Waals surface area contributed by atoms with Crippen LogP contribution in [-0.2, 0) is 4.74 Å². The molecule has 84 valence electrons. The number of aliphatic hydroxyl groups is 3. The van der Waals surface area contributed by atoms with E-state index in [0.717, 1.165) is 0 Å². The lowest BCUT2D eigenvalue weighted by atomic mass is 9.92. The van der Waals surface area contributed by atoms with Crippen molar-refractivity contribution in [2.75, 3.05) is 0 Å². The third kappa shape index (κ3) is 2.43. The largest absolute Gasteiger partial charge is 0.388 e. The highest BCUT2D eigenvalue weighted by Crippen LogP contribution is 2.23. The maximum Gasteiger partial charge on any atom is 0.172 e. The Hall–Kier alpha value is -0.200. The van der Waals surface area contributed by atoms with Gasteiger partial charge in [0.05, 0.1) is 12.1 Å². The summed E-state index contributed by atoms with van der Waals surface area (Å²) in [6, 6.07) is -0.937. The van der Waals surface area contributed by atoms with Crippen molar-refractivity contribution in [1.82, 2.24) is 0 Å². The number of rotatable bonds is 2. The SMILES string of the molecule is CC(C)C[C@H]1OC(O)[C@H](N)[C@@H](O)[C@H]1O. The lowest BCUT2D eigenvalue weighted by molar-refractivity contribution is -0.244. The maximum atomic E-state index is 9.61. The fourth-order valence-corrected chi connectivity index (χ4v) is 1.63. The molecule has 0 aromatic carbocycles. The van der Waals surface area contributed by atoms with Crippen LogP contribution in [0.1, 0.15) is 20.3 Å². The van der Waals surface area contributed by atoms with E-state index in [4.69, 9.17) is 10.5 Å². The van der Waals surface area contributed by atoms with E-state index >= 15 is 0 Å². The van der Waals surface area contributed by atoms with Crippen molar-refractivity contribution in [2.45, 2.75) is 50.9 Å². The molecule has 1 aliphatic rings. The van der Waals surface area contributed by atoms with Gasteiger partial charge in [-0.25, -0.2) is 0 Å². The van der Waals surface area contributed by atoms with Crippen molar-refractivity contribution in [3.8, 4) is 0 Å². The Morgan fingerprint density at radius 3 is 2.29 bits per heavy atom. The molecule has 1 unspecified atom stereocenters. The summed E-state index contributed by atoms with van der Waals surface area (Å²) in [6.07, 6.45) is -3.29. The number of hydrogen-bond donors (Lipinski definition) is 4. The van der Waals surface area contributed by atoms with Crippen molar-refractivity contribution < 1.29 is 20.1 Å². The van der Waals surface area contributed by atoms with Gasteiger partial charge in [-0.15, -0.1) is 0 Å².